The molecule has 4 aromatic rings. The Bertz CT molecular complexity index is 1410. The average molecular weight is 406 g/mol. The van der Waals surface area contributed by atoms with Crippen molar-refractivity contribution < 1.29 is 0 Å². The summed E-state index contributed by atoms with van der Waals surface area (Å²) in [6.45, 7) is 6.38. The van der Waals surface area contributed by atoms with Gasteiger partial charge in [-0.25, -0.2) is 4.79 Å². The van der Waals surface area contributed by atoms with Gasteiger partial charge in [-0.15, -0.1) is 0 Å². The summed E-state index contributed by atoms with van der Waals surface area (Å²) in [5, 5.41) is 0. The van der Waals surface area contributed by atoms with E-state index in [-0.39, 0.29) is 17.8 Å². The van der Waals surface area contributed by atoms with Crippen molar-refractivity contribution in [1.29, 1.82) is 0 Å². The number of hydrogen-bond acceptors (Lipinski definition) is 3. The number of aromatic nitrogens is 5. The molecule has 7 heteroatoms. The molecule has 156 valence electrons. The largest absolute Gasteiger partial charge is 0.332 e. The minimum atomic E-state index is -0.337. The highest BCUT2D eigenvalue weighted by molar-refractivity contribution is 5.76. The molecule has 5 rings (SSSR count). The molecule has 7 nitrogen and oxygen atoms in total. The summed E-state index contributed by atoms with van der Waals surface area (Å²) in [7, 11) is 1.70. The second-order valence-corrected chi connectivity index (χ2v) is 8.62. The first-order chi connectivity index (χ1) is 14.4. The lowest BCUT2D eigenvalue weighted by Crippen LogP contribution is -2.39. The van der Waals surface area contributed by atoms with Gasteiger partial charge in [-0.1, -0.05) is 42.7 Å². The van der Waals surface area contributed by atoms with Crippen LogP contribution in [0.25, 0.3) is 16.9 Å². The van der Waals surface area contributed by atoms with E-state index in [4.69, 9.17) is 4.98 Å². The number of fused-ring (bicyclic) bond motifs is 3. The monoisotopic (exact) mass is 405 g/mol. The van der Waals surface area contributed by atoms with Crippen LogP contribution in [-0.4, -0.2) is 23.1 Å². The zero-order chi connectivity index (χ0) is 21.2. The molecule has 0 atom stereocenters. The van der Waals surface area contributed by atoms with Crippen molar-refractivity contribution in [3.05, 3.63) is 67.6 Å². The molecule has 0 amide bonds. The molecule has 30 heavy (non-hydrogen) atoms. The van der Waals surface area contributed by atoms with Crippen molar-refractivity contribution in [2.45, 2.75) is 59.0 Å². The zero-order valence-electron chi connectivity index (χ0n) is 18.0. The number of hydrogen-bond donors (Lipinski definition) is 0. The molecule has 3 heterocycles. The average Bonchev–Trinajstić information content (AvgIpc) is 3.42. The van der Waals surface area contributed by atoms with E-state index in [1.807, 2.05) is 42.5 Å². The Labute approximate surface area is 174 Å². The molecule has 0 unspecified atom stereocenters. The molecular weight excluding hydrogens is 378 g/mol. The Hall–Kier alpha value is -3.09. The van der Waals surface area contributed by atoms with Gasteiger partial charge in [0.2, 0.25) is 5.78 Å². The number of benzene rings is 1. The predicted molar refractivity (Wildman–Crippen MR) is 117 cm³/mol. The minimum Gasteiger partial charge on any atom is -0.311 e. The summed E-state index contributed by atoms with van der Waals surface area (Å²) in [5.74, 6) is 0.771. The zero-order valence-corrected chi connectivity index (χ0v) is 18.0. The molecule has 0 saturated heterocycles. The van der Waals surface area contributed by atoms with Crippen LogP contribution in [-0.2, 0) is 13.6 Å². The molecule has 1 fully saturated rings. The summed E-state index contributed by atoms with van der Waals surface area (Å²) in [6, 6.07) is 8.32. The number of imidazole rings is 2. The second kappa shape index (κ2) is 6.72. The van der Waals surface area contributed by atoms with Crippen molar-refractivity contribution in [3.63, 3.8) is 0 Å². The van der Waals surface area contributed by atoms with Crippen LogP contribution in [0.4, 0.5) is 0 Å². The van der Waals surface area contributed by atoms with Gasteiger partial charge in [0.05, 0.1) is 6.54 Å². The molecule has 1 aliphatic carbocycles. The van der Waals surface area contributed by atoms with Gasteiger partial charge in [-0.05, 0) is 39.2 Å². The quantitative estimate of drug-likeness (QED) is 0.526. The number of rotatable bonds is 3. The lowest BCUT2D eigenvalue weighted by molar-refractivity contribution is 0.520. The summed E-state index contributed by atoms with van der Waals surface area (Å²) < 4.78 is 7.06. The first-order valence-electron chi connectivity index (χ1n) is 10.6. The molecule has 0 bridgehead atoms. The molecule has 3 aromatic heterocycles. The van der Waals surface area contributed by atoms with Crippen molar-refractivity contribution >= 4 is 16.9 Å². The Morgan fingerprint density at radius 1 is 1.07 bits per heavy atom. The highest BCUT2D eigenvalue weighted by Gasteiger charge is 2.27. The van der Waals surface area contributed by atoms with Crippen molar-refractivity contribution in [2.75, 3.05) is 0 Å². The maximum absolute atomic E-state index is 13.5. The summed E-state index contributed by atoms with van der Waals surface area (Å²) in [5.41, 5.74) is 4.51. The fourth-order valence-corrected chi connectivity index (χ4v) is 5.01. The Morgan fingerprint density at radius 2 is 1.80 bits per heavy atom. The van der Waals surface area contributed by atoms with Gasteiger partial charge >= 0.3 is 5.69 Å². The lowest BCUT2D eigenvalue weighted by Gasteiger charge is -2.13. The fraction of sp³-hybridized carbons (Fsp3) is 0.435. The van der Waals surface area contributed by atoms with Gasteiger partial charge in [0.25, 0.3) is 5.56 Å². The highest BCUT2D eigenvalue weighted by Crippen LogP contribution is 2.34. The molecule has 1 aliphatic rings. The lowest BCUT2D eigenvalue weighted by atomic mass is 10.1. The van der Waals surface area contributed by atoms with E-state index < -0.39 is 0 Å². The van der Waals surface area contributed by atoms with Gasteiger partial charge in [-0.2, -0.15) is 4.98 Å². The molecule has 0 radical (unpaired) electrons. The molecule has 0 spiro atoms. The van der Waals surface area contributed by atoms with E-state index >= 15 is 0 Å². The van der Waals surface area contributed by atoms with E-state index in [2.05, 4.69) is 11.5 Å². The molecule has 1 saturated carbocycles. The maximum Gasteiger partial charge on any atom is 0.332 e. The fourth-order valence-electron chi connectivity index (χ4n) is 5.01. The van der Waals surface area contributed by atoms with E-state index in [0.717, 1.165) is 41.1 Å². The Morgan fingerprint density at radius 3 is 2.50 bits per heavy atom. The minimum absolute atomic E-state index is 0.248. The van der Waals surface area contributed by atoms with E-state index in [1.165, 1.54) is 22.0 Å². The van der Waals surface area contributed by atoms with Gasteiger partial charge in [0, 0.05) is 24.5 Å². The van der Waals surface area contributed by atoms with Gasteiger partial charge in [-0.3, -0.25) is 18.3 Å². The summed E-state index contributed by atoms with van der Waals surface area (Å²) in [6.07, 6.45) is 4.69. The highest BCUT2D eigenvalue weighted by atomic mass is 16.2. The van der Waals surface area contributed by atoms with Gasteiger partial charge in [0.15, 0.2) is 11.2 Å². The van der Waals surface area contributed by atoms with Gasteiger partial charge in [0.1, 0.15) is 0 Å². The predicted octanol–water partition coefficient (Wildman–Crippen LogP) is 3.24. The second-order valence-electron chi connectivity index (χ2n) is 8.62. The van der Waals surface area contributed by atoms with Crippen LogP contribution in [0.5, 0.6) is 0 Å². The Balaban J connectivity index is 1.81. The Kier molecular flexibility index (Phi) is 4.24. The van der Waals surface area contributed by atoms with Crippen LogP contribution in [0.15, 0.2) is 33.9 Å². The van der Waals surface area contributed by atoms with Crippen molar-refractivity contribution in [1.82, 2.24) is 23.1 Å². The first kappa shape index (κ1) is 18.9. The van der Waals surface area contributed by atoms with E-state index in [0.29, 0.717) is 17.2 Å². The standard InChI is InChI=1S/C23H27N5O2/c1-14-8-7-9-17(12-14)13-26-21(29)19-20(25(4)23(26)30)24-22-27(18-10-5-6-11-18)15(2)16(3)28(19)22/h7-9,12,18H,5-6,10-11,13H2,1-4H3. The topological polar surface area (TPSA) is 66.2 Å². The number of aryl methyl sites for hydroxylation is 3. The third kappa shape index (κ3) is 2.61. The van der Waals surface area contributed by atoms with Crippen LogP contribution in [0, 0.1) is 20.8 Å². The summed E-state index contributed by atoms with van der Waals surface area (Å²) in [4.78, 5) is 31.4. The summed E-state index contributed by atoms with van der Waals surface area (Å²) >= 11 is 0. The maximum atomic E-state index is 13.5. The molecule has 0 N–H and O–H groups in total. The molecule has 0 aliphatic heterocycles. The van der Waals surface area contributed by atoms with Crippen molar-refractivity contribution in [2.24, 2.45) is 7.05 Å². The third-order valence-corrected chi connectivity index (χ3v) is 6.67. The van der Waals surface area contributed by atoms with Crippen LogP contribution in [0.2, 0.25) is 0 Å². The van der Waals surface area contributed by atoms with Gasteiger partial charge < -0.3 is 4.57 Å². The molecule has 1 aromatic carbocycles. The normalized spacial score (nSPS) is 15.1. The number of nitrogens with zero attached hydrogens (tertiary/aromatic N) is 5. The van der Waals surface area contributed by atoms with E-state index in [9.17, 15) is 9.59 Å². The van der Waals surface area contributed by atoms with Crippen LogP contribution in [0.3, 0.4) is 0 Å². The smallest absolute Gasteiger partial charge is 0.311 e. The first-order valence-corrected chi connectivity index (χ1v) is 10.6. The van der Waals surface area contributed by atoms with E-state index in [1.54, 1.807) is 7.05 Å². The van der Waals surface area contributed by atoms with Crippen molar-refractivity contribution in [3.8, 4) is 0 Å². The molecular formula is C23H27N5O2. The van der Waals surface area contributed by atoms with Crippen LogP contribution < -0.4 is 11.2 Å². The van der Waals surface area contributed by atoms with Crippen LogP contribution >= 0.6 is 0 Å². The SMILES string of the molecule is Cc1cccc(Cn2c(=O)c3c(nc4n(C5CCCC5)c(C)c(C)n34)n(C)c2=O)c1. The third-order valence-electron chi connectivity index (χ3n) is 6.67. The van der Waals surface area contributed by atoms with Crippen LogP contribution in [0.1, 0.15) is 54.2 Å².